The number of rotatable bonds is 11. The van der Waals surface area contributed by atoms with Gasteiger partial charge >= 0.3 is 0 Å². The van der Waals surface area contributed by atoms with Crippen LogP contribution >= 0.6 is 0 Å². The van der Waals surface area contributed by atoms with Gasteiger partial charge in [0.15, 0.2) is 29.2 Å². The highest BCUT2D eigenvalue weighted by molar-refractivity contribution is 6.05. The zero-order chi connectivity index (χ0) is 37.3. The molecule has 12 heteroatoms. The second-order valence-corrected chi connectivity index (χ2v) is 13.4. The van der Waals surface area contributed by atoms with Gasteiger partial charge in [-0.2, -0.15) is 0 Å². The molecule has 0 aromatic heterocycles. The Morgan fingerprint density at radius 3 is 2.00 bits per heavy atom. The Hall–Kier alpha value is -6.27. The number of aliphatic hydroxyl groups is 1. The van der Waals surface area contributed by atoms with Crippen molar-refractivity contribution in [2.75, 3.05) is 40.3 Å². The lowest BCUT2D eigenvalue weighted by Crippen LogP contribution is -2.32. The summed E-state index contributed by atoms with van der Waals surface area (Å²) in [5, 5.41) is 11.5. The number of amides is 1. The molecule has 4 aromatic carbocycles. The van der Waals surface area contributed by atoms with E-state index in [4.69, 9.17) is 39.4 Å². The van der Waals surface area contributed by atoms with E-state index in [0.717, 1.165) is 28.0 Å². The summed E-state index contributed by atoms with van der Waals surface area (Å²) in [6.45, 7) is 0.645. The summed E-state index contributed by atoms with van der Waals surface area (Å²) in [7, 11) is 4.75. The number of aliphatic imine (C=N–C) groups is 2. The molecular weight excluding hydrogens is 686 g/mol. The first-order chi connectivity index (χ1) is 26.3. The zero-order valence-corrected chi connectivity index (χ0v) is 30.3. The van der Waals surface area contributed by atoms with E-state index in [1.54, 1.807) is 50.5 Å². The third-order valence-corrected chi connectivity index (χ3v) is 10.1. The quantitative estimate of drug-likeness (QED) is 0.124. The van der Waals surface area contributed by atoms with Gasteiger partial charge in [-0.3, -0.25) is 14.8 Å². The maximum atomic E-state index is 13.7. The van der Waals surface area contributed by atoms with Gasteiger partial charge in [0.25, 0.3) is 5.91 Å². The van der Waals surface area contributed by atoms with Crippen LogP contribution in [0.2, 0.25) is 0 Å². The Bertz CT molecular complexity index is 2200. The number of nitrogen functional groups attached to an aromatic ring is 1. The summed E-state index contributed by atoms with van der Waals surface area (Å²) in [6, 6.07) is 22.3. The molecule has 4 aliphatic heterocycles. The van der Waals surface area contributed by atoms with Crippen molar-refractivity contribution in [1.29, 1.82) is 0 Å². The van der Waals surface area contributed by atoms with Crippen molar-refractivity contribution < 1.29 is 33.6 Å². The van der Waals surface area contributed by atoms with Crippen molar-refractivity contribution in [1.82, 2.24) is 9.80 Å². The molecule has 0 spiro atoms. The summed E-state index contributed by atoms with van der Waals surface area (Å²) in [6.07, 6.45) is 8.55. The topological polar surface area (TPSA) is 141 Å². The maximum absolute atomic E-state index is 13.7. The van der Waals surface area contributed by atoms with Crippen LogP contribution in [0.3, 0.4) is 0 Å². The minimum absolute atomic E-state index is 0.104. The van der Waals surface area contributed by atoms with Crippen LogP contribution in [0.4, 0.5) is 17.1 Å². The maximum Gasteiger partial charge on any atom is 0.260 e. The zero-order valence-electron chi connectivity index (χ0n) is 30.3. The Kier molecular flexibility index (Phi) is 9.43. The standard InChI is InChI=1S/C42H41N5O7/c1-50-32-11-7-26(8-12-32)28-16-31-22-45-36-20-40(38(52-3)18-34(36)42(49)47(31)24-28)54-14-4-13-53-39-19-35-33(17-37(39)51-2)41(48)46-23-27(15-30(46)21-44-35)25-5-9-29(43)10-6-25/h5-12,17-24,30-31,41,48H,4,13-16,43H2,1-3H3. The number of hydrogen-bond donors (Lipinski definition) is 2. The van der Waals surface area contributed by atoms with Crippen LogP contribution in [0.1, 0.15) is 52.5 Å². The first-order valence-corrected chi connectivity index (χ1v) is 17.8. The molecular formula is C42H41N5O7. The minimum Gasteiger partial charge on any atom is -0.497 e. The molecule has 8 rings (SSSR count). The van der Waals surface area contributed by atoms with Crippen molar-refractivity contribution >= 4 is 46.5 Å². The highest BCUT2D eigenvalue weighted by Crippen LogP contribution is 2.44. The number of carbonyl (C=O) groups excluding carboxylic acids is 1. The van der Waals surface area contributed by atoms with Gasteiger partial charge in [-0.25, -0.2) is 0 Å². The van der Waals surface area contributed by atoms with Gasteiger partial charge in [-0.05, 0) is 65.1 Å². The van der Waals surface area contributed by atoms with Crippen LogP contribution in [0.25, 0.3) is 11.1 Å². The molecule has 0 bridgehead atoms. The van der Waals surface area contributed by atoms with E-state index in [9.17, 15) is 9.90 Å². The van der Waals surface area contributed by atoms with E-state index >= 15 is 0 Å². The van der Waals surface area contributed by atoms with E-state index < -0.39 is 6.23 Å². The third kappa shape index (κ3) is 6.60. The molecule has 0 saturated heterocycles. The predicted molar refractivity (Wildman–Crippen MR) is 207 cm³/mol. The number of ether oxygens (including phenoxy) is 5. The van der Waals surface area contributed by atoms with Crippen LogP contribution in [0.15, 0.2) is 95.2 Å². The number of nitrogens with two attached hydrogens (primary N) is 1. The van der Waals surface area contributed by atoms with Gasteiger partial charge in [0.2, 0.25) is 0 Å². The Morgan fingerprint density at radius 2 is 1.31 bits per heavy atom. The number of aliphatic hydroxyl groups excluding tert-OH is 1. The van der Waals surface area contributed by atoms with Gasteiger partial charge in [0.05, 0.1) is 63.6 Å². The van der Waals surface area contributed by atoms with E-state index in [2.05, 4.69) is 0 Å². The number of nitrogens with zero attached hydrogens (tertiary/aromatic N) is 4. The van der Waals surface area contributed by atoms with Crippen molar-refractivity contribution in [3.63, 3.8) is 0 Å². The van der Waals surface area contributed by atoms with Gasteiger partial charge in [-0.15, -0.1) is 0 Å². The normalized spacial score (nSPS) is 19.5. The monoisotopic (exact) mass is 727 g/mol. The van der Waals surface area contributed by atoms with E-state index in [-0.39, 0.29) is 18.0 Å². The first kappa shape index (κ1) is 34.8. The number of benzene rings is 4. The number of fused-ring (bicyclic) bond motifs is 4. The second-order valence-electron chi connectivity index (χ2n) is 13.4. The molecule has 0 saturated carbocycles. The lowest BCUT2D eigenvalue weighted by Gasteiger charge is -2.27. The second kappa shape index (κ2) is 14.6. The molecule has 4 aliphatic rings. The van der Waals surface area contributed by atoms with E-state index in [0.29, 0.717) is 83.7 Å². The highest BCUT2D eigenvalue weighted by Gasteiger charge is 2.35. The molecule has 276 valence electrons. The van der Waals surface area contributed by atoms with Crippen LogP contribution in [0, 0.1) is 0 Å². The summed E-state index contributed by atoms with van der Waals surface area (Å²) in [5.74, 6) is 2.56. The highest BCUT2D eigenvalue weighted by atomic mass is 16.5. The lowest BCUT2D eigenvalue weighted by molar-refractivity contribution is 0.0336. The summed E-state index contributed by atoms with van der Waals surface area (Å²) in [5.41, 5.74) is 13.0. The average molecular weight is 728 g/mol. The molecule has 0 fully saturated rings. The average Bonchev–Trinajstić information content (AvgIpc) is 3.78. The fourth-order valence-corrected chi connectivity index (χ4v) is 7.21. The Balaban J connectivity index is 0.908. The number of anilines is 1. The van der Waals surface area contributed by atoms with Gasteiger partial charge in [0, 0.05) is 61.1 Å². The fourth-order valence-electron chi connectivity index (χ4n) is 7.21. The number of methoxy groups -OCH3 is 3. The first-order valence-electron chi connectivity index (χ1n) is 17.8. The van der Waals surface area contributed by atoms with Gasteiger partial charge in [0.1, 0.15) is 5.75 Å². The molecule has 12 nitrogen and oxygen atoms in total. The summed E-state index contributed by atoms with van der Waals surface area (Å²) in [4.78, 5) is 26.8. The molecule has 3 N–H and O–H groups in total. The smallest absolute Gasteiger partial charge is 0.260 e. The molecule has 1 amide bonds. The van der Waals surface area contributed by atoms with Crippen LogP contribution in [-0.2, 0) is 0 Å². The van der Waals surface area contributed by atoms with E-state index in [1.165, 1.54) is 0 Å². The molecule has 3 atom stereocenters. The van der Waals surface area contributed by atoms with Gasteiger partial charge < -0.3 is 44.3 Å². The molecule has 54 heavy (non-hydrogen) atoms. The van der Waals surface area contributed by atoms with Crippen molar-refractivity contribution in [2.24, 2.45) is 9.98 Å². The van der Waals surface area contributed by atoms with E-state index in [1.807, 2.05) is 78.3 Å². The van der Waals surface area contributed by atoms with Crippen LogP contribution in [-0.4, -0.2) is 79.9 Å². The molecule has 0 radical (unpaired) electrons. The molecule has 0 aliphatic carbocycles. The molecule has 3 unspecified atom stereocenters. The van der Waals surface area contributed by atoms with Crippen molar-refractivity contribution in [3.05, 3.63) is 107 Å². The van der Waals surface area contributed by atoms with Crippen LogP contribution < -0.4 is 29.4 Å². The lowest BCUT2D eigenvalue weighted by atomic mass is 10.0. The summed E-state index contributed by atoms with van der Waals surface area (Å²) >= 11 is 0. The fraction of sp³-hybridized carbons (Fsp3) is 0.262. The van der Waals surface area contributed by atoms with Crippen molar-refractivity contribution in [3.8, 4) is 28.7 Å². The summed E-state index contributed by atoms with van der Waals surface area (Å²) < 4.78 is 28.9. The number of carbonyl (C=O) groups is 1. The third-order valence-electron chi connectivity index (χ3n) is 10.1. The molecule has 4 aromatic rings. The molecule has 4 heterocycles. The largest absolute Gasteiger partial charge is 0.497 e. The van der Waals surface area contributed by atoms with Crippen molar-refractivity contribution in [2.45, 2.75) is 37.6 Å². The minimum atomic E-state index is -0.921. The SMILES string of the molecule is COc1ccc(C2=CN3C(=O)c4cc(OC)c(OCCCOc5cc6c(cc5OC)C(O)N5C=C(c7ccc(N)cc7)CC5C=N6)cc4N=CC3C2)cc1. The number of hydrogen-bond acceptors (Lipinski definition) is 11. The predicted octanol–water partition coefficient (Wildman–Crippen LogP) is 6.94. The van der Waals surface area contributed by atoms with Crippen LogP contribution in [0.5, 0.6) is 28.7 Å². The Morgan fingerprint density at radius 1 is 0.722 bits per heavy atom. The van der Waals surface area contributed by atoms with Gasteiger partial charge in [-0.1, -0.05) is 24.3 Å². The Labute approximate surface area is 313 Å².